The molecule has 1 aromatic rings. The van der Waals surface area contributed by atoms with Gasteiger partial charge in [-0.1, -0.05) is 22.0 Å². The van der Waals surface area contributed by atoms with Crippen molar-refractivity contribution in [3.8, 4) is 0 Å². The molecule has 0 unspecified atom stereocenters. The maximum atomic E-state index is 12.2. The number of benzene rings is 1. The zero-order valence-corrected chi connectivity index (χ0v) is 11.0. The van der Waals surface area contributed by atoms with Crippen LogP contribution in [0.25, 0.3) is 0 Å². The van der Waals surface area contributed by atoms with E-state index in [2.05, 4.69) is 15.9 Å². The van der Waals surface area contributed by atoms with Crippen molar-refractivity contribution in [1.82, 2.24) is 4.90 Å². The molecule has 1 aliphatic carbocycles. The molecule has 0 heterocycles. The average Bonchev–Trinajstić information content (AvgIpc) is 2.22. The molecular formula is C13H14BrNO. The van der Waals surface area contributed by atoms with Gasteiger partial charge in [0.15, 0.2) is 5.78 Å². The van der Waals surface area contributed by atoms with Crippen molar-refractivity contribution in [3.63, 3.8) is 0 Å². The highest BCUT2D eigenvalue weighted by atomic mass is 79.9. The van der Waals surface area contributed by atoms with Crippen LogP contribution < -0.4 is 0 Å². The van der Waals surface area contributed by atoms with Gasteiger partial charge < -0.3 is 4.90 Å². The molecule has 0 fully saturated rings. The third-order valence-corrected chi connectivity index (χ3v) is 3.18. The lowest BCUT2D eigenvalue weighted by Gasteiger charge is -2.19. The summed E-state index contributed by atoms with van der Waals surface area (Å²) in [5.41, 5.74) is 2.90. The molecular weight excluding hydrogens is 266 g/mol. The van der Waals surface area contributed by atoms with E-state index in [4.69, 9.17) is 0 Å². The number of rotatable bonds is 1. The number of carbonyl (C=O) groups excluding carboxylic acids is 1. The van der Waals surface area contributed by atoms with Gasteiger partial charge in [-0.25, -0.2) is 0 Å². The summed E-state index contributed by atoms with van der Waals surface area (Å²) in [4.78, 5) is 14.1. The van der Waals surface area contributed by atoms with Crippen molar-refractivity contribution < 1.29 is 4.79 Å². The Bertz CT molecular complexity index is 463. The van der Waals surface area contributed by atoms with E-state index in [-0.39, 0.29) is 5.78 Å². The molecule has 0 spiro atoms. The number of fused-ring (bicyclic) bond motifs is 1. The Hall–Kier alpha value is -1.09. The van der Waals surface area contributed by atoms with Gasteiger partial charge in [0.1, 0.15) is 0 Å². The highest BCUT2D eigenvalue weighted by molar-refractivity contribution is 9.10. The van der Waals surface area contributed by atoms with Gasteiger partial charge in [-0.05, 0) is 30.5 Å². The summed E-state index contributed by atoms with van der Waals surface area (Å²) in [6, 6.07) is 5.94. The Morgan fingerprint density at radius 1 is 1.31 bits per heavy atom. The van der Waals surface area contributed by atoms with E-state index < -0.39 is 0 Å². The van der Waals surface area contributed by atoms with Crippen LogP contribution in [0.4, 0.5) is 0 Å². The number of halogens is 1. The minimum atomic E-state index is 0.163. The third-order valence-electron chi connectivity index (χ3n) is 2.69. The summed E-state index contributed by atoms with van der Waals surface area (Å²) in [7, 11) is 3.88. The summed E-state index contributed by atoms with van der Waals surface area (Å²) < 4.78 is 0.964. The first kappa shape index (κ1) is 11.4. The second kappa shape index (κ2) is 4.42. The lowest BCUT2D eigenvalue weighted by Crippen LogP contribution is -2.16. The summed E-state index contributed by atoms with van der Waals surface area (Å²) >= 11 is 3.41. The van der Waals surface area contributed by atoms with Crippen LogP contribution in [0.15, 0.2) is 34.4 Å². The number of hydrogen-bond donors (Lipinski definition) is 0. The number of aryl methyl sites for hydroxylation is 1. The molecule has 0 radical (unpaired) electrons. The molecule has 0 bridgehead atoms. The molecule has 0 saturated carbocycles. The first-order valence-corrected chi connectivity index (χ1v) is 6.07. The minimum absolute atomic E-state index is 0.163. The lowest BCUT2D eigenvalue weighted by atomic mass is 9.87. The summed E-state index contributed by atoms with van der Waals surface area (Å²) in [5.74, 6) is 0.163. The fourth-order valence-corrected chi connectivity index (χ4v) is 2.33. The molecule has 0 aromatic heterocycles. The number of Topliss-reactive ketones (excluding diaryl/α,β-unsaturated/α-hetero) is 1. The van der Waals surface area contributed by atoms with Crippen molar-refractivity contribution in [1.29, 1.82) is 0 Å². The Balaban J connectivity index is 2.42. The number of hydrogen-bond acceptors (Lipinski definition) is 2. The zero-order valence-electron chi connectivity index (χ0n) is 9.46. The number of ketones is 1. The highest BCUT2D eigenvalue weighted by Gasteiger charge is 2.21. The van der Waals surface area contributed by atoms with E-state index in [9.17, 15) is 4.79 Å². The predicted molar refractivity (Wildman–Crippen MR) is 68.6 cm³/mol. The van der Waals surface area contributed by atoms with Crippen molar-refractivity contribution in [2.45, 2.75) is 12.8 Å². The van der Waals surface area contributed by atoms with Crippen molar-refractivity contribution >= 4 is 21.7 Å². The van der Waals surface area contributed by atoms with Crippen LogP contribution in [0.2, 0.25) is 0 Å². The number of nitrogens with zero attached hydrogens (tertiary/aromatic N) is 1. The Morgan fingerprint density at radius 2 is 2.06 bits per heavy atom. The van der Waals surface area contributed by atoms with Gasteiger partial charge in [-0.15, -0.1) is 0 Å². The molecule has 16 heavy (non-hydrogen) atoms. The minimum Gasteiger partial charge on any atom is -0.383 e. The van der Waals surface area contributed by atoms with Crippen LogP contribution in [0.1, 0.15) is 22.3 Å². The summed E-state index contributed by atoms with van der Waals surface area (Å²) in [5, 5.41) is 0. The third kappa shape index (κ3) is 2.19. The number of carbonyl (C=O) groups is 1. The second-order valence-corrected chi connectivity index (χ2v) is 5.16. The van der Waals surface area contributed by atoms with Crippen LogP contribution in [0.3, 0.4) is 0 Å². The van der Waals surface area contributed by atoms with Crippen LogP contribution in [-0.2, 0) is 6.42 Å². The van der Waals surface area contributed by atoms with Gasteiger partial charge in [0.2, 0.25) is 0 Å². The zero-order chi connectivity index (χ0) is 11.7. The quantitative estimate of drug-likeness (QED) is 0.737. The first-order valence-electron chi connectivity index (χ1n) is 5.28. The van der Waals surface area contributed by atoms with Crippen molar-refractivity contribution in [2.75, 3.05) is 14.1 Å². The smallest absolute Gasteiger partial charge is 0.190 e. The van der Waals surface area contributed by atoms with Crippen molar-refractivity contribution in [3.05, 3.63) is 45.6 Å². The first-order chi connectivity index (χ1) is 7.58. The monoisotopic (exact) mass is 279 g/mol. The van der Waals surface area contributed by atoms with Crippen LogP contribution in [0.5, 0.6) is 0 Å². The maximum Gasteiger partial charge on any atom is 0.190 e. The Kier molecular flexibility index (Phi) is 3.15. The van der Waals surface area contributed by atoms with Crippen LogP contribution >= 0.6 is 15.9 Å². The van der Waals surface area contributed by atoms with Crippen LogP contribution in [0, 0.1) is 0 Å². The van der Waals surface area contributed by atoms with E-state index in [1.807, 2.05) is 43.4 Å². The molecule has 1 aliphatic rings. The topological polar surface area (TPSA) is 20.3 Å². The fourth-order valence-electron chi connectivity index (χ4n) is 1.97. The normalized spacial score (nSPS) is 17.4. The maximum absolute atomic E-state index is 12.2. The average molecular weight is 280 g/mol. The Morgan fingerprint density at radius 3 is 2.75 bits per heavy atom. The molecule has 0 atom stereocenters. The molecule has 2 rings (SSSR count). The standard InChI is InChI=1S/C13H14BrNO/c1-15(2)8-10-4-3-9-5-6-11(14)7-12(9)13(10)16/h5-8H,3-4H2,1-2H3. The molecule has 0 N–H and O–H groups in total. The van der Waals surface area contributed by atoms with Gasteiger partial charge in [-0.3, -0.25) is 4.79 Å². The molecule has 3 heteroatoms. The molecule has 2 nitrogen and oxygen atoms in total. The molecule has 0 saturated heterocycles. The van der Waals surface area contributed by atoms with Crippen LogP contribution in [-0.4, -0.2) is 24.8 Å². The summed E-state index contributed by atoms with van der Waals surface area (Å²) in [6.07, 6.45) is 3.71. The van der Waals surface area contributed by atoms with E-state index in [0.29, 0.717) is 0 Å². The second-order valence-electron chi connectivity index (χ2n) is 4.25. The van der Waals surface area contributed by atoms with Gasteiger partial charge in [0, 0.05) is 35.9 Å². The van der Waals surface area contributed by atoms with Gasteiger partial charge in [-0.2, -0.15) is 0 Å². The van der Waals surface area contributed by atoms with Gasteiger partial charge in [0.25, 0.3) is 0 Å². The predicted octanol–water partition coefficient (Wildman–Crippen LogP) is 3.02. The number of allylic oxidation sites excluding steroid dienone is 1. The molecule has 1 aromatic carbocycles. The Labute approximate surface area is 104 Å². The SMILES string of the molecule is CN(C)C=C1CCc2ccc(Br)cc2C1=O. The molecule has 0 amide bonds. The van der Waals surface area contributed by atoms with E-state index in [1.165, 1.54) is 0 Å². The highest BCUT2D eigenvalue weighted by Crippen LogP contribution is 2.27. The lowest BCUT2D eigenvalue weighted by molar-refractivity contribution is 0.102. The van der Waals surface area contributed by atoms with Gasteiger partial charge in [0.05, 0.1) is 0 Å². The van der Waals surface area contributed by atoms with E-state index in [1.54, 1.807) is 0 Å². The van der Waals surface area contributed by atoms with Crippen molar-refractivity contribution in [2.24, 2.45) is 0 Å². The van der Waals surface area contributed by atoms with Gasteiger partial charge >= 0.3 is 0 Å². The van der Waals surface area contributed by atoms with E-state index in [0.717, 1.165) is 34.0 Å². The summed E-state index contributed by atoms with van der Waals surface area (Å²) in [6.45, 7) is 0. The fraction of sp³-hybridized carbons (Fsp3) is 0.308. The van der Waals surface area contributed by atoms with E-state index >= 15 is 0 Å². The molecule has 84 valence electrons. The largest absolute Gasteiger partial charge is 0.383 e. The molecule has 0 aliphatic heterocycles.